The number of amidine groups is 1. The van der Waals surface area contributed by atoms with Crippen LogP contribution >= 0.6 is 11.8 Å². The molecule has 3 saturated heterocycles. The van der Waals surface area contributed by atoms with Crippen LogP contribution in [0.5, 0.6) is 0 Å². The van der Waals surface area contributed by atoms with E-state index in [1.165, 1.54) is 29.5 Å². The summed E-state index contributed by atoms with van der Waals surface area (Å²) in [5.41, 5.74) is 4.07. The van der Waals surface area contributed by atoms with Gasteiger partial charge in [0.05, 0.1) is 24.0 Å². The van der Waals surface area contributed by atoms with Crippen LogP contribution in [0.15, 0.2) is 83.9 Å². The second-order valence-corrected chi connectivity index (χ2v) is 14.3. The number of aliphatic imine (C=N–C) groups is 1. The fraction of sp³-hybridized carbons (Fsp3) is 0.355. The Hall–Kier alpha value is -3.17. The number of carbonyl (C=O) groups is 1. The van der Waals surface area contributed by atoms with E-state index in [2.05, 4.69) is 52.4 Å². The Morgan fingerprint density at radius 3 is 2.25 bits per heavy atom. The summed E-state index contributed by atoms with van der Waals surface area (Å²) in [5, 5.41) is 0.372. The maximum Gasteiger partial charge on any atom is 0.252 e. The van der Waals surface area contributed by atoms with Gasteiger partial charge in [0.25, 0.3) is 5.91 Å². The average Bonchev–Trinajstić information content (AvgIpc) is 3.41. The Kier molecular flexibility index (Phi) is 7.68. The van der Waals surface area contributed by atoms with Gasteiger partial charge in [-0.25, -0.2) is 12.8 Å². The first-order valence-electron chi connectivity index (χ1n) is 13.7. The number of fused-ring (bicyclic) bond motifs is 1. The van der Waals surface area contributed by atoms with Crippen molar-refractivity contribution in [2.45, 2.75) is 37.0 Å². The lowest BCUT2D eigenvalue weighted by Gasteiger charge is -2.34. The number of hydrogen-bond donors (Lipinski definition) is 0. The first kappa shape index (κ1) is 27.0. The lowest BCUT2D eigenvalue weighted by atomic mass is 9.90. The van der Waals surface area contributed by atoms with Gasteiger partial charge < -0.3 is 9.80 Å². The summed E-state index contributed by atoms with van der Waals surface area (Å²) in [6.45, 7) is 2.01. The van der Waals surface area contributed by atoms with E-state index in [0.717, 1.165) is 43.7 Å². The third-order valence-electron chi connectivity index (χ3n) is 8.03. The molecule has 3 aromatic rings. The molecule has 2 unspecified atom stereocenters. The van der Waals surface area contributed by atoms with Crippen LogP contribution in [-0.4, -0.2) is 55.4 Å². The quantitative estimate of drug-likeness (QED) is 0.405. The average molecular weight is 578 g/mol. The zero-order valence-corrected chi connectivity index (χ0v) is 23.8. The molecule has 0 aliphatic carbocycles. The molecule has 0 saturated carbocycles. The lowest BCUT2D eigenvalue weighted by Crippen LogP contribution is -2.38. The van der Waals surface area contributed by atoms with Gasteiger partial charge in [-0.1, -0.05) is 54.2 Å². The molecule has 0 N–H and O–H groups in total. The SMILES string of the molecule is O=C(Cc1ccc(F)cc1)N=C1SC2CS(=O)(=O)CC2N1c1ccc(N2CCC(Cc3ccccc3)CC2)cc1. The van der Waals surface area contributed by atoms with Crippen LogP contribution < -0.4 is 9.80 Å². The van der Waals surface area contributed by atoms with E-state index >= 15 is 0 Å². The zero-order chi connectivity index (χ0) is 27.7. The molecule has 3 aliphatic heterocycles. The number of amides is 1. The highest BCUT2D eigenvalue weighted by Gasteiger charge is 2.49. The topological polar surface area (TPSA) is 70.0 Å². The largest absolute Gasteiger partial charge is 0.372 e. The van der Waals surface area contributed by atoms with Crippen molar-refractivity contribution in [1.82, 2.24) is 0 Å². The van der Waals surface area contributed by atoms with Crippen molar-refractivity contribution in [3.63, 3.8) is 0 Å². The number of anilines is 2. The van der Waals surface area contributed by atoms with Crippen LogP contribution in [0.1, 0.15) is 24.0 Å². The Morgan fingerprint density at radius 2 is 1.55 bits per heavy atom. The Balaban J connectivity index is 1.16. The summed E-state index contributed by atoms with van der Waals surface area (Å²) in [5.74, 6) is 0.130. The molecule has 0 bridgehead atoms. The number of thioether (sulfide) groups is 1. The van der Waals surface area contributed by atoms with E-state index in [0.29, 0.717) is 16.6 Å². The van der Waals surface area contributed by atoms with Crippen molar-refractivity contribution in [3.8, 4) is 0 Å². The Labute approximate surface area is 239 Å². The van der Waals surface area contributed by atoms with Crippen molar-refractivity contribution < 1.29 is 17.6 Å². The first-order valence-corrected chi connectivity index (χ1v) is 16.4. The molecule has 3 aromatic carbocycles. The molecule has 6 nitrogen and oxygen atoms in total. The van der Waals surface area contributed by atoms with Gasteiger partial charge in [0.15, 0.2) is 15.0 Å². The summed E-state index contributed by atoms with van der Waals surface area (Å²) < 4.78 is 38.1. The molecule has 9 heteroatoms. The molecule has 40 heavy (non-hydrogen) atoms. The van der Waals surface area contributed by atoms with Crippen molar-refractivity contribution in [3.05, 3.63) is 95.8 Å². The molecule has 208 valence electrons. The van der Waals surface area contributed by atoms with Crippen LogP contribution in [0.2, 0.25) is 0 Å². The lowest BCUT2D eigenvalue weighted by molar-refractivity contribution is -0.117. The second-order valence-electron chi connectivity index (χ2n) is 10.9. The van der Waals surface area contributed by atoms with Gasteiger partial charge in [-0.15, -0.1) is 0 Å². The van der Waals surface area contributed by atoms with Gasteiger partial charge in [-0.05, 0) is 72.7 Å². The molecular weight excluding hydrogens is 545 g/mol. The number of nitrogens with zero attached hydrogens (tertiary/aromatic N) is 3. The maximum absolute atomic E-state index is 13.3. The van der Waals surface area contributed by atoms with Gasteiger partial charge in [0.1, 0.15) is 5.82 Å². The molecule has 6 rings (SSSR count). The predicted octanol–water partition coefficient (Wildman–Crippen LogP) is 5.13. The smallest absolute Gasteiger partial charge is 0.252 e. The number of rotatable bonds is 6. The monoisotopic (exact) mass is 577 g/mol. The van der Waals surface area contributed by atoms with Crippen LogP contribution in [0, 0.1) is 11.7 Å². The van der Waals surface area contributed by atoms with E-state index in [1.54, 1.807) is 12.1 Å². The highest BCUT2D eigenvalue weighted by Crippen LogP contribution is 2.41. The zero-order valence-electron chi connectivity index (χ0n) is 22.2. The standard InChI is InChI=1S/C31H32FN3O3S2/c32-25-8-6-23(7-9-25)19-30(36)33-31-35(28-20-40(37,38)21-29(28)39-31)27-12-10-26(11-13-27)34-16-14-24(15-17-34)18-22-4-2-1-3-5-22/h1-13,24,28-29H,14-21H2. The first-order chi connectivity index (χ1) is 19.3. The summed E-state index contributed by atoms with van der Waals surface area (Å²) in [6.07, 6.45) is 3.47. The number of carbonyl (C=O) groups excluding carboxylic acids is 1. The molecule has 2 atom stereocenters. The van der Waals surface area contributed by atoms with E-state index in [1.807, 2.05) is 17.0 Å². The molecule has 3 heterocycles. The van der Waals surface area contributed by atoms with Crippen LogP contribution in [0.25, 0.3) is 0 Å². The fourth-order valence-electron chi connectivity index (χ4n) is 5.96. The number of benzene rings is 3. The van der Waals surface area contributed by atoms with E-state index in [9.17, 15) is 17.6 Å². The Morgan fingerprint density at radius 1 is 0.875 bits per heavy atom. The molecule has 0 aromatic heterocycles. The highest BCUT2D eigenvalue weighted by atomic mass is 32.2. The highest BCUT2D eigenvalue weighted by molar-refractivity contribution is 8.16. The molecule has 3 aliphatic rings. The van der Waals surface area contributed by atoms with Crippen LogP contribution in [0.4, 0.5) is 15.8 Å². The summed E-state index contributed by atoms with van der Waals surface area (Å²) in [4.78, 5) is 21.6. The minimum Gasteiger partial charge on any atom is -0.372 e. The minimum atomic E-state index is -3.15. The molecular formula is C31H32FN3O3S2. The van der Waals surface area contributed by atoms with Gasteiger partial charge >= 0.3 is 0 Å². The number of piperidine rings is 1. The summed E-state index contributed by atoms with van der Waals surface area (Å²) >= 11 is 1.37. The van der Waals surface area contributed by atoms with Crippen molar-refractivity contribution in [1.29, 1.82) is 0 Å². The van der Waals surface area contributed by atoms with Crippen molar-refractivity contribution >= 4 is 44.0 Å². The third kappa shape index (κ3) is 6.10. The molecule has 0 spiro atoms. The van der Waals surface area contributed by atoms with Crippen molar-refractivity contribution in [2.24, 2.45) is 10.9 Å². The fourth-order valence-corrected chi connectivity index (χ4v) is 9.89. The number of hydrogen-bond acceptors (Lipinski definition) is 5. The van der Waals surface area contributed by atoms with Gasteiger partial charge in [-0.3, -0.25) is 4.79 Å². The maximum atomic E-state index is 13.3. The van der Waals surface area contributed by atoms with Crippen LogP contribution in [-0.2, 0) is 27.5 Å². The van der Waals surface area contributed by atoms with Gasteiger partial charge in [-0.2, -0.15) is 4.99 Å². The normalized spacial score (nSPS) is 23.5. The van der Waals surface area contributed by atoms with Gasteiger partial charge in [0, 0.05) is 29.7 Å². The van der Waals surface area contributed by atoms with Crippen molar-refractivity contribution in [2.75, 3.05) is 34.4 Å². The van der Waals surface area contributed by atoms with E-state index < -0.39 is 9.84 Å². The summed E-state index contributed by atoms with van der Waals surface area (Å²) in [6, 6.07) is 24.4. The predicted molar refractivity (Wildman–Crippen MR) is 160 cm³/mol. The van der Waals surface area contributed by atoms with E-state index in [4.69, 9.17) is 0 Å². The summed E-state index contributed by atoms with van der Waals surface area (Å²) in [7, 11) is -3.15. The number of halogens is 1. The molecule has 1 amide bonds. The van der Waals surface area contributed by atoms with E-state index in [-0.39, 0.29) is 40.9 Å². The third-order valence-corrected chi connectivity index (χ3v) is 11.2. The molecule has 3 fully saturated rings. The Bertz CT molecular complexity index is 1490. The number of sulfone groups is 1. The van der Waals surface area contributed by atoms with Crippen LogP contribution in [0.3, 0.4) is 0 Å². The van der Waals surface area contributed by atoms with Gasteiger partial charge in [0.2, 0.25) is 0 Å². The minimum absolute atomic E-state index is 0.0481. The molecule has 0 radical (unpaired) electrons. The second kappa shape index (κ2) is 11.4.